The summed E-state index contributed by atoms with van der Waals surface area (Å²) in [4.78, 5) is 0. The number of aromatic nitrogens is 2. The molecular formula is C15H20BrN3O2. The maximum atomic E-state index is 6.45. The van der Waals surface area contributed by atoms with Crippen LogP contribution in [-0.4, -0.2) is 24.0 Å². The van der Waals surface area contributed by atoms with Crippen molar-refractivity contribution in [3.05, 3.63) is 39.6 Å². The zero-order valence-corrected chi connectivity index (χ0v) is 14.3. The molecule has 2 rings (SSSR count). The second-order valence-corrected chi connectivity index (χ2v) is 5.53. The Labute approximate surface area is 133 Å². The Morgan fingerprint density at radius 1 is 1.29 bits per heavy atom. The first-order chi connectivity index (χ1) is 10.0. The van der Waals surface area contributed by atoms with Crippen molar-refractivity contribution in [2.24, 2.45) is 12.8 Å². The maximum Gasteiger partial charge on any atom is 0.141 e. The van der Waals surface area contributed by atoms with Gasteiger partial charge in [0, 0.05) is 24.4 Å². The number of aryl methyl sites for hydroxylation is 2. The van der Waals surface area contributed by atoms with E-state index in [0.717, 1.165) is 27.7 Å². The van der Waals surface area contributed by atoms with Gasteiger partial charge in [-0.1, -0.05) is 6.92 Å². The molecule has 0 bridgehead atoms. The van der Waals surface area contributed by atoms with Gasteiger partial charge in [-0.3, -0.25) is 4.68 Å². The van der Waals surface area contributed by atoms with Crippen LogP contribution in [0.2, 0.25) is 0 Å². The van der Waals surface area contributed by atoms with Crippen LogP contribution in [0.5, 0.6) is 11.5 Å². The van der Waals surface area contributed by atoms with E-state index in [4.69, 9.17) is 15.2 Å². The van der Waals surface area contributed by atoms with Crippen molar-refractivity contribution in [2.75, 3.05) is 14.2 Å². The van der Waals surface area contributed by atoms with E-state index in [2.05, 4.69) is 28.0 Å². The summed E-state index contributed by atoms with van der Waals surface area (Å²) in [5.74, 6) is 1.40. The Bertz CT molecular complexity index is 640. The first-order valence-electron chi connectivity index (χ1n) is 6.71. The van der Waals surface area contributed by atoms with Gasteiger partial charge < -0.3 is 15.2 Å². The molecule has 6 heteroatoms. The van der Waals surface area contributed by atoms with Crippen LogP contribution in [-0.2, 0) is 13.5 Å². The second-order valence-electron chi connectivity index (χ2n) is 4.74. The zero-order chi connectivity index (χ0) is 15.6. The van der Waals surface area contributed by atoms with Crippen LogP contribution in [0.25, 0.3) is 0 Å². The van der Waals surface area contributed by atoms with Crippen LogP contribution in [0.15, 0.2) is 22.8 Å². The van der Waals surface area contributed by atoms with Gasteiger partial charge >= 0.3 is 0 Å². The Balaban J connectivity index is 2.52. The molecule has 0 radical (unpaired) electrons. The first kappa shape index (κ1) is 15.9. The van der Waals surface area contributed by atoms with Gasteiger partial charge in [-0.05, 0) is 34.5 Å². The lowest BCUT2D eigenvalue weighted by Crippen LogP contribution is -2.14. The molecule has 114 valence electrons. The smallest absolute Gasteiger partial charge is 0.141 e. The van der Waals surface area contributed by atoms with E-state index in [1.165, 1.54) is 0 Å². The van der Waals surface area contributed by atoms with Gasteiger partial charge in [-0.15, -0.1) is 0 Å². The second kappa shape index (κ2) is 6.49. The Morgan fingerprint density at radius 3 is 2.57 bits per heavy atom. The minimum absolute atomic E-state index is 0.300. The SMILES string of the molecule is CCc1nn(C)cc1C(N)c1ccc(OC)c(Br)c1OC. The van der Waals surface area contributed by atoms with Gasteiger partial charge in [0.15, 0.2) is 0 Å². The van der Waals surface area contributed by atoms with Crippen LogP contribution >= 0.6 is 15.9 Å². The van der Waals surface area contributed by atoms with Crippen molar-refractivity contribution >= 4 is 15.9 Å². The van der Waals surface area contributed by atoms with Crippen molar-refractivity contribution in [3.63, 3.8) is 0 Å². The summed E-state index contributed by atoms with van der Waals surface area (Å²) in [5, 5.41) is 4.45. The molecule has 0 aliphatic rings. The van der Waals surface area contributed by atoms with Crippen molar-refractivity contribution in [2.45, 2.75) is 19.4 Å². The van der Waals surface area contributed by atoms with Crippen molar-refractivity contribution in [1.82, 2.24) is 9.78 Å². The normalized spacial score (nSPS) is 12.3. The summed E-state index contributed by atoms with van der Waals surface area (Å²) in [5.41, 5.74) is 9.35. The van der Waals surface area contributed by atoms with Gasteiger partial charge in [0.25, 0.3) is 0 Å². The fourth-order valence-corrected chi connectivity index (χ4v) is 3.10. The summed E-state index contributed by atoms with van der Waals surface area (Å²) in [6.45, 7) is 2.07. The third kappa shape index (κ3) is 2.91. The number of ether oxygens (including phenoxy) is 2. The highest BCUT2D eigenvalue weighted by Gasteiger charge is 2.22. The first-order valence-corrected chi connectivity index (χ1v) is 7.51. The van der Waals surface area contributed by atoms with Crippen molar-refractivity contribution in [3.8, 4) is 11.5 Å². The largest absolute Gasteiger partial charge is 0.495 e. The predicted molar refractivity (Wildman–Crippen MR) is 85.9 cm³/mol. The molecule has 0 spiro atoms. The molecule has 5 nitrogen and oxygen atoms in total. The van der Waals surface area contributed by atoms with Crippen LogP contribution in [0.3, 0.4) is 0 Å². The topological polar surface area (TPSA) is 62.3 Å². The van der Waals surface area contributed by atoms with Gasteiger partial charge in [0.2, 0.25) is 0 Å². The molecule has 0 saturated carbocycles. The predicted octanol–water partition coefficient (Wildman–Crippen LogP) is 2.81. The van der Waals surface area contributed by atoms with E-state index in [1.807, 2.05) is 25.4 Å². The fourth-order valence-electron chi connectivity index (χ4n) is 2.42. The van der Waals surface area contributed by atoms with Gasteiger partial charge in [-0.2, -0.15) is 5.10 Å². The lowest BCUT2D eigenvalue weighted by molar-refractivity contribution is 0.385. The lowest BCUT2D eigenvalue weighted by Gasteiger charge is -2.18. The Kier molecular flexibility index (Phi) is 4.90. The van der Waals surface area contributed by atoms with E-state index < -0.39 is 0 Å². The number of halogens is 1. The van der Waals surface area contributed by atoms with Crippen molar-refractivity contribution in [1.29, 1.82) is 0 Å². The molecule has 2 N–H and O–H groups in total. The number of rotatable bonds is 5. The van der Waals surface area contributed by atoms with E-state index in [9.17, 15) is 0 Å². The summed E-state index contributed by atoms with van der Waals surface area (Å²) < 4.78 is 13.4. The highest BCUT2D eigenvalue weighted by atomic mass is 79.9. The molecule has 1 aromatic heterocycles. The number of nitrogens with zero attached hydrogens (tertiary/aromatic N) is 2. The van der Waals surface area contributed by atoms with E-state index in [-0.39, 0.29) is 6.04 Å². The van der Waals surface area contributed by atoms with E-state index >= 15 is 0 Å². The average molecular weight is 354 g/mol. The highest BCUT2D eigenvalue weighted by molar-refractivity contribution is 9.10. The number of benzene rings is 1. The van der Waals surface area contributed by atoms with Gasteiger partial charge in [0.05, 0.1) is 26.0 Å². The van der Waals surface area contributed by atoms with E-state index in [1.54, 1.807) is 18.9 Å². The maximum absolute atomic E-state index is 6.45. The summed E-state index contributed by atoms with van der Waals surface area (Å²) in [6, 6.07) is 3.51. The Morgan fingerprint density at radius 2 is 2.00 bits per heavy atom. The van der Waals surface area contributed by atoms with E-state index in [0.29, 0.717) is 11.5 Å². The minimum Gasteiger partial charge on any atom is -0.495 e. The van der Waals surface area contributed by atoms with Crippen LogP contribution < -0.4 is 15.2 Å². The molecule has 0 aliphatic heterocycles. The molecule has 1 heterocycles. The Hall–Kier alpha value is -1.53. The third-order valence-electron chi connectivity index (χ3n) is 3.46. The summed E-state index contributed by atoms with van der Waals surface area (Å²) >= 11 is 3.51. The van der Waals surface area contributed by atoms with Crippen molar-refractivity contribution < 1.29 is 9.47 Å². The van der Waals surface area contributed by atoms with Gasteiger partial charge in [-0.25, -0.2) is 0 Å². The number of methoxy groups -OCH3 is 2. The fraction of sp³-hybridized carbons (Fsp3) is 0.400. The molecule has 0 aliphatic carbocycles. The van der Waals surface area contributed by atoms with Gasteiger partial charge in [0.1, 0.15) is 16.0 Å². The molecule has 1 aromatic carbocycles. The molecule has 1 unspecified atom stereocenters. The zero-order valence-electron chi connectivity index (χ0n) is 12.7. The monoisotopic (exact) mass is 353 g/mol. The standard InChI is InChI=1S/C15H20BrN3O2/c1-5-11-10(8-19(2)18-11)14(17)9-6-7-12(20-3)13(16)15(9)21-4/h6-8,14H,5,17H2,1-4H3. The number of hydrogen-bond donors (Lipinski definition) is 1. The molecule has 0 saturated heterocycles. The molecule has 21 heavy (non-hydrogen) atoms. The lowest BCUT2D eigenvalue weighted by atomic mass is 9.98. The molecule has 2 aromatic rings. The average Bonchev–Trinajstić information content (AvgIpc) is 2.87. The molecule has 1 atom stereocenters. The van der Waals surface area contributed by atoms with Crippen LogP contribution in [0.4, 0.5) is 0 Å². The van der Waals surface area contributed by atoms with Crippen LogP contribution in [0.1, 0.15) is 29.8 Å². The quantitative estimate of drug-likeness (QED) is 0.897. The highest BCUT2D eigenvalue weighted by Crippen LogP contribution is 2.40. The van der Waals surface area contributed by atoms with Crippen LogP contribution in [0, 0.1) is 0 Å². The minimum atomic E-state index is -0.300. The summed E-state index contributed by atoms with van der Waals surface area (Å²) in [6.07, 6.45) is 2.80. The summed E-state index contributed by atoms with van der Waals surface area (Å²) in [7, 11) is 5.14. The molecule has 0 amide bonds. The number of hydrogen-bond acceptors (Lipinski definition) is 4. The molecule has 0 fully saturated rings. The number of nitrogens with two attached hydrogens (primary N) is 1. The third-order valence-corrected chi connectivity index (χ3v) is 4.21. The molecular weight excluding hydrogens is 334 g/mol.